The van der Waals surface area contributed by atoms with E-state index in [0.717, 1.165) is 16.8 Å². The Labute approximate surface area is 122 Å². The number of aryl methyl sites for hydroxylation is 2. The molecule has 1 nitrogen and oxygen atoms in total. The summed E-state index contributed by atoms with van der Waals surface area (Å²) in [7, 11) is 0. The van der Waals surface area contributed by atoms with E-state index in [-0.39, 0.29) is 5.82 Å². The second-order valence-corrected chi connectivity index (χ2v) is 5.33. The van der Waals surface area contributed by atoms with Crippen molar-refractivity contribution in [2.24, 2.45) is 0 Å². The highest BCUT2D eigenvalue weighted by atomic mass is 35.5. The standard InChI is InChI=1S/C15H14Cl2FN/c1-9-6-13(17)15(7-12(9)16)19-8-11-3-4-14(18)10(2)5-11/h3-7,19H,8H2,1-2H3. The quantitative estimate of drug-likeness (QED) is 0.804. The fourth-order valence-electron chi connectivity index (χ4n) is 1.80. The van der Waals surface area contributed by atoms with Gasteiger partial charge in [-0.05, 0) is 48.7 Å². The highest BCUT2D eigenvalue weighted by molar-refractivity contribution is 6.35. The molecule has 4 heteroatoms. The number of hydrogen-bond acceptors (Lipinski definition) is 1. The summed E-state index contributed by atoms with van der Waals surface area (Å²) in [6.07, 6.45) is 0. The fraction of sp³-hybridized carbons (Fsp3) is 0.200. The van der Waals surface area contributed by atoms with Gasteiger partial charge in [0.25, 0.3) is 0 Å². The number of halogens is 3. The van der Waals surface area contributed by atoms with Crippen molar-refractivity contribution >= 4 is 28.9 Å². The minimum absolute atomic E-state index is 0.194. The van der Waals surface area contributed by atoms with Gasteiger partial charge in [-0.15, -0.1) is 0 Å². The van der Waals surface area contributed by atoms with Gasteiger partial charge in [-0.2, -0.15) is 0 Å². The molecule has 2 aromatic rings. The lowest BCUT2D eigenvalue weighted by molar-refractivity contribution is 0.617. The van der Waals surface area contributed by atoms with Crippen LogP contribution in [0.5, 0.6) is 0 Å². The first-order valence-corrected chi connectivity index (χ1v) is 6.67. The summed E-state index contributed by atoms with van der Waals surface area (Å²) in [4.78, 5) is 0. The molecule has 0 aliphatic carbocycles. The lowest BCUT2D eigenvalue weighted by atomic mass is 10.1. The van der Waals surface area contributed by atoms with E-state index < -0.39 is 0 Å². The summed E-state index contributed by atoms with van der Waals surface area (Å²) in [6.45, 7) is 4.22. The molecule has 2 aromatic carbocycles. The first kappa shape index (κ1) is 14.2. The monoisotopic (exact) mass is 297 g/mol. The van der Waals surface area contributed by atoms with Crippen LogP contribution in [-0.4, -0.2) is 0 Å². The largest absolute Gasteiger partial charge is 0.380 e. The minimum Gasteiger partial charge on any atom is -0.380 e. The topological polar surface area (TPSA) is 12.0 Å². The zero-order chi connectivity index (χ0) is 14.0. The van der Waals surface area contributed by atoms with Gasteiger partial charge in [0.1, 0.15) is 5.82 Å². The van der Waals surface area contributed by atoms with Gasteiger partial charge in [0, 0.05) is 11.6 Å². The Bertz CT molecular complexity index is 611. The molecule has 100 valence electrons. The highest BCUT2D eigenvalue weighted by Gasteiger charge is 2.05. The molecule has 2 rings (SSSR count). The average Bonchev–Trinajstić information content (AvgIpc) is 2.36. The number of nitrogens with one attached hydrogen (secondary N) is 1. The van der Waals surface area contributed by atoms with Crippen LogP contribution in [0.4, 0.5) is 10.1 Å². The molecule has 0 spiro atoms. The van der Waals surface area contributed by atoms with E-state index in [9.17, 15) is 4.39 Å². The van der Waals surface area contributed by atoms with Crippen LogP contribution in [0.25, 0.3) is 0 Å². The molecular formula is C15H14Cl2FN. The van der Waals surface area contributed by atoms with E-state index in [1.807, 2.05) is 19.1 Å². The zero-order valence-corrected chi connectivity index (χ0v) is 12.2. The van der Waals surface area contributed by atoms with E-state index >= 15 is 0 Å². The van der Waals surface area contributed by atoms with Crippen molar-refractivity contribution in [1.29, 1.82) is 0 Å². The summed E-state index contributed by atoms with van der Waals surface area (Å²) in [5.74, 6) is -0.194. The molecule has 1 N–H and O–H groups in total. The van der Waals surface area contributed by atoms with E-state index in [1.165, 1.54) is 6.07 Å². The normalized spacial score (nSPS) is 10.6. The van der Waals surface area contributed by atoms with E-state index in [0.29, 0.717) is 22.2 Å². The summed E-state index contributed by atoms with van der Waals surface area (Å²) in [5, 5.41) is 4.50. The van der Waals surface area contributed by atoms with Gasteiger partial charge < -0.3 is 5.32 Å². The van der Waals surface area contributed by atoms with Crippen molar-refractivity contribution in [2.45, 2.75) is 20.4 Å². The molecule has 0 saturated carbocycles. The van der Waals surface area contributed by atoms with E-state index in [4.69, 9.17) is 23.2 Å². The van der Waals surface area contributed by atoms with E-state index in [1.54, 1.807) is 19.1 Å². The molecule has 0 fully saturated rings. The second-order valence-electron chi connectivity index (χ2n) is 4.52. The van der Waals surface area contributed by atoms with Crippen LogP contribution in [0.3, 0.4) is 0 Å². The van der Waals surface area contributed by atoms with Crippen LogP contribution < -0.4 is 5.32 Å². The maximum Gasteiger partial charge on any atom is 0.126 e. The van der Waals surface area contributed by atoms with Crippen molar-refractivity contribution in [3.63, 3.8) is 0 Å². The van der Waals surface area contributed by atoms with Crippen molar-refractivity contribution in [1.82, 2.24) is 0 Å². The minimum atomic E-state index is -0.194. The molecule has 0 heterocycles. The molecule has 0 amide bonds. The predicted molar refractivity (Wildman–Crippen MR) is 79.7 cm³/mol. The Morgan fingerprint density at radius 1 is 1.00 bits per heavy atom. The van der Waals surface area contributed by atoms with Crippen LogP contribution in [0, 0.1) is 19.7 Å². The lowest BCUT2D eigenvalue weighted by Crippen LogP contribution is -2.01. The number of benzene rings is 2. The van der Waals surface area contributed by atoms with Crippen molar-refractivity contribution in [3.05, 3.63) is 62.9 Å². The SMILES string of the molecule is Cc1cc(CNc2cc(Cl)c(C)cc2Cl)ccc1F. The van der Waals surface area contributed by atoms with Crippen molar-refractivity contribution in [2.75, 3.05) is 5.32 Å². The molecule has 19 heavy (non-hydrogen) atoms. The van der Waals surface area contributed by atoms with Crippen LogP contribution in [0.1, 0.15) is 16.7 Å². The number of rotatable bonds is 3. The molecule has 0 aliphatic rings. The van der Waals surface area contributed by atoms with Crippen LogP contribution in [0.15, 0.2) is 30.3 Å². The maximum atomic E-state index is 13.2. The maximum absolute atomic E-state index is 13.2. The van der Waals surface area contributed by atoms with Crippen molar-refractivity contribution in [3.8, 4) is 0 Å². The van der Waals surface area contributed by atoms with Crippen LogP contribution in [-0.2, 0) is 6.54 Å². The Balaban J connectivity index is 2.14. The average molecular weight is 298 g/mol. The molecule has 0 radical (unpaired) electrons. The molecule has 0 unspecified atom stereocenters. The third-order valence-electron chi connectivity index (χ3n) is 2.95. The third kappa shape index (κ3) is 3.40. The van der Waals surface area contributed by atoms with Gasteiger partial charge in [0.2, 0.25) is 0 Å². The molecule has 0 atom stereocenters. The van der Waals surface area contributed by atoms with Crippen LogP contribution in [0.2, 0.25) is 10.0 Å². The fourth-order valence-corrected chi connectivity index (χ4v) is 2.24. The van der Waals surface area contributed by atoms with Gasteiger partial charge in [-0.25, -0.2) is 4.39 Å². The zero-order valence-electron chi connectivity index (χ0n) is 10.7. The summed E-state index contributed by atoms with van der Waals surface area (Å²) in [6, 6.07) is 8.65. The van der Waals surface area contributed by atoms with Gasteiger partial charge in [-0.3, -0.25) is 0 Å². The van der Waals surface area contributed by atoms with E-state index in [2.05, 4.69) is 5.32 Å². The summed E-state index contributed by atoms with van der Waals surface area (Å²) < 4.78 is 13.2. The lowest BCUT2D eigenvalue weighted by Gasteiger charge is -2.11. The number of hydrogen-bond donors (Lipinski definition) is 1. The molecule has 0 aromatic heterocycles. The van der Waals surface area contributed by atoms with Crippen LogP contribution >= 0.6 is 23.2 Å². The Hall–Kier alpha value is -1.25. The number of anilines is 1. The third-order valence-corrected chi connectivity index (χ3v) is 3.67. The van der Waals surface area contributed by atoms with Gasteiger partial charge in [0.15, 0.2) is 0 Å². The first-order valence-electron chi connectivity index (χ1n) is 5.92. The Morgan fingerprint density at radius 2 is 1.74 bits per heavy atom. The Kier molecular flexibility index (Phi) is 4.33. The molecule has 0 aliphatic heterocycles. The smallest absolute Gasteiger partial charge is 0.126 e. The summed E-state index contributed by atoms with van der Waals surface area (Å²) >= 11 is 12.2. The summed E-state index contributed by atoms with van der Waals surface area (Å²) in [5.41, 5.74) is 3.34. The highest BCUT2D eigenvalue weighted by Crippen LogP contribution is 2.29. The van der Waals surface area contributed by atoms with Gasteiger partial charge >= 0.3 is 0 Å². The molecule has 0 saturated heterocycles. The Morgan fingerprint density at radius 3 is 2.42 bits per heavy atom. The molecule has 0 bridgehead atoms. The predicted octanol–water partition coefficient (Wildman–Crippen LogP) is 5.36. The van der Waals surface area contributed by atoms with Gasteiger partial charge in [-0.1, -0.05) is 35.3 Å². The second kappa shape index (κ2) is 5.81. The first-order chi connectivity index (χ1) is 8.97. The van der Waals surface area contributed by atoms with Crippen molar-refractivity contribution < 1.29 is 4.39 Å². The molecular weight excluding hydrogens is 284 g/mol. The van der Waals surface area contributed by atoms with Gasteiger partial charge in [0.05, 0.1) is 10.7 Å².